The molecule has 0 aliphatic carbocycles. The highest BCUT2D eigenvalue weighted by Crippen LogP contribution is 2.31. The van der Waals surface area contributed by atoms with Gasteiger partial charge in [0.05, 0.1) is 41.3 Å². The molecule has 0 atom stereocenters. The molecule has 0 spiro atoms. The molecule has 0 aromatic heterocycles. The number of quaternary nitrogens is 2. The van der Waals surface area contributed by atoms with Gasteiger partial charge < -0.3 is 8.97 Å². The Morgan fingerprint density at radius 1 is 0.400 bits per heavy atom. The number of rotatable bonds is 23. The van der Waals surface area contributed by atoms with Gasteiger partial charge in [0.1, 0.15) is 13.1 Å². The van der Waals surface area contributed by atoms with Crippen molar-refractivity contribution in [2.45, 2.75) is 130 Å². The van der Waals surface area contributed by atoms with Gasteiger partial charge in [0.25, 0.3) is 0 Å². The van der Waals surface area contributed by atoms with Crippen LogP contribution in [0.4, 0.5) is 0 Å². The molecule has 226 valence electrons. The second kappa shape index (κ2) is 19.5. The molecular formula is C38H66N2+2. The average Bonchev–Trinajstić information content (AvgIpc) is 2.92. The van der Waals surface area contributed by atoms with Gasteiger partial charge >= 0.3 is 0 Å². The summed E-state index contributed by atoms with van der Waals surface area (Å²) in [5, 5.41) is 0. The van der Waals surface area contributed by atoms with Crippen LogP contribution < -0.4 is 0 Å². The van der Waals surface area contributed by atoms with Crippen LogP contribution in [-0.2, 0) is 13.1 Å². The van der Waals surface area contributed by atoms with Crippen molar-refractivity contribution in [3.63, 3.8) is 0 Å². The second-order valence-electron chi connectivity index (χ2n) is 13.9. The van der Waals surface area contributed by atoms with Gasteiger partial charge in [-0.15, -0.1) is 0 Å². The van der Waals surface area contributed by atoms with Crippen LogP contribution in [0.15, 0.2) is 48.5 Å². The molecule has 40 heavy (non-hydrogen) atoms. The molecule has 0 fully saturated rings. The minimum Gasteiger partial charge on any atom is -0.325 e. The zero-order chi connectivity index (χ0) is 29.1. The maximum atomic E-state index is 2.42. The minimum atomic E-state index is 1.06. The Hall–Kier alpha value is -1.64. The standard InChI is InChI=1S/C38H66N2/c1-7-9-11-13-15-17-19-25-31-39(3,4)33-35-27-21-23-29-37(35)38-30-24-22-28-36(38)34-40(5,6)32-26-20-18-16-14-12-10-8-2/h21-24,27-30H,7-20,25-26,31-34H2,1-6H3/q+2. The number of hydrogen-bond acceptors (Lipinski definition) is 0. The Labute approximate surface area is 250 Å². The summed E-state index contributed by atoms with van der Waals surface area (Å²) >= 11 is 0. The third-order valence-electron chi connectivity index (χ3n) is 8.76. The van der Waals surface area contributed by atoms with Crippen molar-refractivity contribution in [2.24, 2.45) is 0 Å². The summed E-state index contributed by atoms with van der Waals surface area (Å²) in [6.45, 7) is 9.31. The Morgan fingerprint density at radius 3 is 1.05 bits per heavy atom. The Kier molecular flexibility index (Phi) is 16.8. The zero-order valence-corrected chi connectivity index (χ0v) is 27.7. The van der Waals surface area contributed by atoms with Crippen molar-refractivity contribution in [3.05, 3.63) is 59.7 Å². The minimum absolute atomic E-state index is 1.06. The zero-order valence-electron chi connectivity index (χ0n) is 27.7. The van der Waals surface area contributed by atoms with Crippen molar-refractivity contribution in [3.8, 4) is 11.1 Å². The molecule has 2 nitrogen and oxygen atoms in total. The van der Waals surface area contributed by atoms with Crippen LogP contribution in [0, 0.1) is 0 Å². The molecular weight excluding hydrogens is 484 g/mol. The monoisotopic (exact) mass is 551 g/mol. The van der Waals surface area contributed by atoms with Crippen LogP contribution in [0.3, 0.4) is 0 Å². The molecule has 2 aromatic carbocycles. The van der Waals surface area contributed by atoms with Crippen molar-refractivity contribution in [2.75, 3.05) is 41.3 Å². The maximum absolute atomic E-state index is 2.42. The van der Waals surface area contributed by atoms with Crippen LogP contribution in [0.5, 0.6) is 0 Å². The van der Waals surface area contributed by atoms with Crippen LogP contribution in [0.1, 0.15) is 128 Å². The Bertz CT molecular complexity index is 838. The summed E-state index contributed by atoms with van der Waals surface area (Å²) in [7, 11) is 9.70. The number of benzene rings is 2. The van der Waals surface area contributed by atoms with Crippen LogP contribution in [0.25, 0.3) is 11.1 Å². The fraction of sp³-hybridized carbons (Fsp3) is 0.684. The first-order valence-electron chi connectivity index (χ1n) is 17.1. The van der Waals surface area contributed by atoms with E-state index in [4.69, 9.17) is 0 Å². The number of hydrogen-bond donors (Lipinski definition) is 0. The van der Waals surface area contributed by atoms with Gasteiger partial charge in [-0.1, -0.05) is 139 Å². The van der Waals surface area contributed by atoms with Crippen molar-refractivity contribution in [1.82, 2.24) is 0 Å². The average molecular weight is 551 g/mol. The van der Waals surface area contributed by atoms with Crippen LogP contribution >= 0.6 is 0 Å². The fourth-order valence-electron chi connectivity index (χ4n) is 6.27. The van der Waals surface area contributed by atoms with Gasteiger partial charge in [-0.2, -0.15) is 0 Å². The molecule has 0 N–H and O–H groups in total. The molecule has 2 rings (SSSR count). The first-order chi connectivity index (χ1) is 19.3. The van der Waals surface area contributed by atoms with Gasteiger partial charge in [-0.25, -0.2) is 0 Å². The smallest absolute Gasteiger partial charge is 0.105 e. The molecule has 2 aromatic rings. The maximum Gasteiger partial charge on any atom is 0.105 e. The normalized spacial score (nSPS) is 12.2. The lowest BCUT2D eigenvalue weighted by molar-refractivity contribution is -0.904. The summed E-state index contributed by atoms with van der Waals surface area (Å²) in [6, 6.07) is 18.4. The SMILES string of the molecule is CCCCCCCCCC[N+](C)(C)Cc1ccccc1-c1ccccc1C[N+](C)(C)CCCCCCCCCC. The predicted octanol–water partition coefficient (Wildman–Crippen LogP) is 10.8. The molecule has 2 heteroatoms. The second-order valence-corrected chi connectivity index (χ2v) is 13.9. The Balaban J connectivity index is 1.94. The third kappa shape index (κ3) is 14.3. The summed E-state index contributed by atoms with van der Waals surface area (Å²) in [5.41, 5.74) is 5.86. The van der Waals surface area contributed by atoms with Gasteiger partial charge in [0.2, 0.25) is 0 Å². The molecule has 0 radical (unpaired) electrons. The van der Waals surface area contributed by atoms with Gasteiger partial charge in [-0.05, 0) is 36.8 Å². The van der Waals surface area contributed by atoms with Crippen molar-refractivity contribution >= 4 is 0 Å². The lowest BCUT2D eigenvalue weighted by atomic mass is 9.94. The van der Waals surface area contributed by atoms with E-state index in [2.05, 4.69) is 90.6 Å². The largest absolute Gasteiger partial charge is 0.325 e. The van der Waals surface area contributed by atoms with E-state index in [-0.39, 0.29) is 0 Å². The van der Waals surface area contributed by atoms with E-state index < -0.39 is 0 Å². The summed E-state index contributed by atoms with van der Waals surface area (Å²) in [6.07, 6.45) is 22.3. The van der Waals surface area contributed by atoms with Gasteiger partial charge in [0, 0.05) is 11.1 Å². The van der Waals surface area contributed by atoms with Crippen molar-refractivity contribution in [1.29, 1.82) is 0 Å². The predicted molar refractivity (Wildman–Crippen MR) is 178 cm³/mol. The Morgan fingerprint density at radius 2 is 0.700 bits per heavy atom. The first kappa shape index (κ1) is 34.6. The molecule has 0 amide bonds. The third-order valence-corrected chi connectivity index (χ3v) is 8.76. The van der Waals surface area contributed by atoms with E-state index in [1.165, 1.54) is 138 Å². The molecule has 0 saturated carbocycles. The fourth-order valence-corrected chi connectivity index (χ4v) is 6.27. The van der Waals surface area contributed by atoms with E-state index in [0.717, 1.165) is 22.1 Å². The molecule has 0 aliphatic heterocycles. The molecule has 0 unspecified atom stereocenters. The van der Waals surface area contributed by atoms with E-state index >= 15 is 0 Å². The lowest BCUT2D eigenvalue weighted by Crippen LogP contribution is -2.40. The van der Waals surface area contributed by atoms with Gasteiger partial charge in [-0.3, -0.25) is 0 Å². The summed E-state index contributed by atoms with van der Waals surface area (Å²) < 4.78 is 2.13. The van der Waals surface area contributed by atoms with Crippen LogP contribution in [0.2, 0.25) is 0 Å². The first-order valence-corrected chi connectivity index (χ1v) is 17.1. The molecule has 0 bridgehead atoms. The van der Waals surface area contributed by atoms with Crippen molar-refractivity contribution < 1.29 is 8.97 Å². The van der Waals surface area contributed by atoms with Crippen LogP contribution in [-0.4, -0.2) is 50.2 Å². The molecule has 0 heterocycles. The number of nitrogens with zero attached hydrogens (tertiary/aromatic N) is 2. The van der Waals surface area contributed by atoms with E-state index in [9.17, 15) is 0 Å². The highest BCUT2D eigenvalue weighted by atomic mass is 15.3. The van der Waals surface area contributed by atoms with E-state index in [1.54, 1.807) is 0 Å². The summed E-state index contributed by atoms with van der Waals surface area (Å²) in [4.78, 5) is 0. The topological polar surface area (TPSA) is 0 Å². The highest BCUT2D eigenvalue weighted by Gasteiger charge is 2.22. The summed E-state index contributed by atoms with van der Waals surface area (Å²) in [5.74, 6) is 0. The van der Waals surface area contributed by atoms with Gasteiger partial charge in [0.15, 0.2) is 0 Å². The van der Waals surface area contributed by atoms with E-state index in [1.807, 2.05) is 0 Å². The molecule has 0 aliphatic rings. The lowest BCUT2D eigenvalue weighted by Gasteiger charge is -2.32. The molecule has 0 saturated heterocycles. The number of unbranched alkanes of at least 4 members (excludes halogenated alkanes) is 14. The quantitative estimate of drug-likeness (QED) is 0.0953. The highest BCUT2D eigenvalue weighted by molar-refractivity contribution is 5.70. The van der Waals surface area contributed by atoms with E-state index in [0.29, 0.717) is 0 Å².